The van der Waals surface area contributed by atoms with Crippen molar-refractivity contribution in [1.29, 1.82) is 0 Å². The highest BCUT2D eigenvalue weighted by Crippen LogP contribution is 2.90. The van der Waals surface area contributed by atoms with Crippen LogP contribution in [0.4, 0.5) is 0 Å². The van der Waals surface area contributed by atoms with Crippen molar-refractivity contribution in [2.45, 2.75) is 199 Å². The van der Waals surface area contributed by atoms with Crippen molar-refractivity contribution in [3.63, 3.8) is 0 Å². The van der Waals surface area contributed by atoms with E-state index in [4.69, 9.17) is 0 Å². The third-order valence-corrected chi connectivity index (χ3v) is 22.9. The molecule has 12 rings (SSSR count). The van der Waals surface area contributed by atoms with Gasteiger partial charge in [0.1, 0.15) is 0 Å². The van der Waals surface area contributed by atoms with Crippen LogP contribution in [0, 0.1) is 130 Å². The van der Waals surface area contributed by atoms with E-state index >= 15 is 0 Å². The van der Waals surface area contributed by atoms with Crippen LogP contribution in [0.15, 0.2) is 0 Å². The van der Waals surface area contributed by atoms with Crippen LogP contribution >= 0.6 is 0 Å². The fourth-order valence-corrected chi connectivity index (χ4v) is 21.1. The SMILES string of the molecule is C1CCCC2CCCCC3CCCC2CCCCCCCC2C(CCC1)C1CCCCC4C5CCCC(C(C3)CC3CC6C3C3C6C6C7C4C5C7C36)C21. The minimum absolute atomic E-state index is 1.07. The maximum atomic E-state index is 1.72. The van der Waals surface area contributed by atoms with Crippen molar-refractivity contribution in [2.75, 3.05) is 0 Å². The van der Waals surface area contributed by atoms with Gasteiger partial charge in [0, 0.05) is 0 Å². The van der Waals surface area contributed by atoms with E-state index < -0.39 is 0 Å². The predicted octanol–water partition coefficient (Wildman–Crippen LogP) is 14.8. The Kier molecular flexibility index (Phi) is 9.49. The lowest BCUT2D eigenvalue weighted by Crippen LogP contribution is -2.87. The zero-order chi connectivity index (χ0) is 34.6. The summed E-state index contributed by atoms with van der Waals surface area (Å²) in [6.07, 6.45) is 49.9. The minimum atomic E-state index is 1.07. The third kappa shape index (κ3) is 5.48. The molecule has 0 heterocycles. The van der Waals surface area contributed by atoms with Gasteiger partial charge < -0.3 is 0 Å². The smallest absolute Gasteiger partial charge is 0.0312 e. The van der Waals surface area contributed by atoms with Gasteiger partial charge in [-0.15, -0.1) is 0 Å². The Bertz CT molecular complexity index is 1270. The molecule has 12 aliphatic carbocycles. The molecule has 0 spiro atoms. The van der Waals surface area contributed by atoms with Crippen LogP contribution in [0.1, 0.15) is 199 Å². The maximum absolute atomic E-state index is 1.72. The van der Waals surface area contributed by atoms with E-state index in [1.807, 2.05) is 0 Å². The van der Waals surface area contributed by atoms with Crippen LogP contribution in [0.25, 0.3) is 0 Å². The molecule has 0 aromatic carbocycles. The topological polar surface area (TPSA) is 0 Å². The molecule has 22 atom stereocenters. The predicted molar refractivity (Wildman–Crippen MR) is 220 cm³/mol. The highest BCUT2D eigenvalue weighted by molar-refractivity contribution is 5.33. The maximum Gasteiger partial charge on any atom is -0.0312 e. The molecule has 0 aliphatic heterocycles. The first-order valence-electron chi connectivity index (χ1n) is 26.3. The molecule has 12 fully saturated rings. The molecule has 296 valence electrons. The molecule has 12 aliphatic rings. The quantitative estimate of drug-likeness (QED) is 0.234. The zero-order valence-electron chi connectivity index (χ0n) is 34.6. The van der Waals surface area contributed by atoms with Crippen molar-refractivity contribution in [2.24, 2.45) is 130 Å². The zero-order valence-corrected chi connectivity index (χ0v) is 34.6. The average molecular weight is 721 g/mol. The summed E-state index contributed by atoms with van der Waals surface area (Å²) in [5.41, 5.74) is 0. The molecule has 0 heteroatoms. The second kappa shape index (κ2) is 14.4. The van der Waals surface area contributed by atoms with Crippen molar-refractivity contribution < 1.29 is 0 Å². The molecule has 0 radical (unpaired) electrons. The Labute approximate surface area is 328 Å². The van der Waals surface area contributed by atoms with E-state index in [0.717, 1.165) is 53.3 Å². The molecule has 0 nitrogen and oxygen atoms in total. The van der Waals surface area contributed by atoms with Crippen LogP contribution in [-0.2, 0) is 0 Å². The molecule has 0 N–H and O–H groups in total. The van der Waals surface area contributed by atoms with Crippen molar-refractivity contribution in [3.8, 4) is 0 Å². The van der Waals surface area contributed by atoms with Gasteiger partial charge in [-0.3, -0.25) is 0 Å². The second-order valence-corrected chi connectivity index (χ2v) is 24.2. The van der Waals surface area contributed by atoms with Gasteiger partial charge in [-0.25, -0.2) is 0 Å². The summed E-state index contributed by atoms with van der Waals surface area (Å²) in [5, 5.41) is 0. The molecular weight excluding hydrogens is 637 g/mol. The highest BCUT2D eigenvalue weighted by Gasteiger charge is 2.86. The van der Waals surface area contributed by atoms with Gasteiger partial charge in [0.15, 0.2) is 0 Å². The van der Waals surface area contributed by atoms with Gasteiger partial charge >= 0.3 is 0 Å². The molecule has 5 bridgehead atoms. The van der Waals surface area contributed by atoms with E-state index in [9.17, 15) is 0 Å². The summed E-state index contributed by atoms with van der Waals surface area (Å²) in [6.45, 7) is 0. The fourth-order valence-electron chi connectivity index (χ4n) is 21.1. The molecule has 0 saturated heterocycles. The molecule has 0 aromatic heterocycles. The first-order chi connectivity index (χ1) is 26.3. The molecule has 0 aromatic rings. The summed E-state index contributed by atoms with van der Waals surface area (Å²) in [6, 6.07) is 0. The van der Waals surface area contributed by atoms with Gasteiger partial charge in [0.25, 0.3) is 0 Å². The summed E-state index contributed by atoms with van der Waals surface area (Å²) in [5.74, 6) is 25.9. The Morgan fingerprint density at radius 1 is 0.170 bits per heavy atom. The lowest BCUT2D eigenvalue weighted by Gasteiger charge is -2.91. The Hall–Kier alpha value is 0. The van der Waals surface area contributed by atoms with Crippen molar-refractivity contribution >= 4 is 0 Å². The van der Waals surface area contributed by atoms with Gasteiger partial charge in [-0.2, -0.15) is 0 Å². The molecule has 22 unspecified atom stereocenters. The van der Waals surface area contributed by atoms with E-state index in [1.165, 1.54) is 76.9 Å². The summed E-state index contributed by atoms with van der Waals surface area (Å²) >= 11 is 0. The normalized spacial score (nSPS) is 58.9. The average Bonchev–Trinajstić information content (AvgIpc) is 3.14. The van der Waals surface area contributed by atoms with Crippen LogP contribution in [0.5, 0.6) is 0 Å². The highest BCUT2D eigenvalue weighted by atomic mass is 14.9. The molecular formula is C53H84. The van der Waals surface area contributed by atoms with Gasteiger partial charge in [-0.1, -0.05) is 141 Å². The molecule has 12 saturated carbocycles. The summed E-state index contributed by atoms with van der Waals surface area (Å²) in [4.78, 5) is 0. The first kappa shape index (κ1) is 35.0. The summed E-state index contributed by atoms with van der Waals surface area (Å²) < 4.78 is 0. The Morgan fingerprint density at radius 3 is 1.25 bits per heavy atom. The Balaban J connectivity index is 0.914. The van der Waals surface area contributed by atoms with E-state index in [2.05, 4.69) is 0 Å². The Morgan fingerprint density at radius 2 is 0.566 bits per heavy atom. The van der Waals surface area contributed by atoms with E-state index in [0.29, 0.717) is 0 Å². The van der Waals surface area contributed by atoms with Crippen molar-refractivity contribution in [3.05, 3.63) is 0 Å². The molecule has 53 heavy (non-hydrogen) atoms. The fraction of sp³-hybridized carbons (Fsp3) is 1.00. The number of hydrogen-bond donors (Lipinski definition) is 0. The number of hydrogen-bond acceptors (Lipinski definition) is 0. The van der Waals surface area contributed by atoms with Crippen LogP contribution < -0.4 is 0 Å². The van der Waals surface area contributed by atoms with E-state index in [1.54, 1.807) is 199 Å². The number of fused-ring (bicyclic) bond motifs is 17. The van der Waals surface area contributed by atoms with E-state index in [-0.39, 0.29) is 0 Å². The summed E-state index contributed by atoms with van der Waals surface area (Å²) in [7, 11) is 0. The van der Waals surface area contributed by atoms with Crippen LogP contribution in [-0.4, -0.2) is 0 Å². The minimum Gasteiger partial charge on any atom is -0.0533 e. The lowest BCUT2D eigenvalue weighted by molar-refractivity contribution is -0.439. The van der Waals surface area contributed by atoms with Crippen LogP contribution in [0.2, 0.25) is 0 Å². The number of rotatable bonds is 0. The monoisotopic (exact) mass is 721 g/mol. The van der Waals surface area contributed by atoms with Gasteiger partial charge in [-0.05, 0) is 188 Å². The van der Waals surface area contributed by atoms with Gasteiger partial charge in [0.2, 0.25) is 0 Å². The first-order valence-corrected chi connectivity index (χ1v) is 26.3. The third-order valence-electron chi connectivity index (χ3n) is 22.9. The van der Waals surface area contributed by atoms with Crippen molar-refractivity contribution in [1.82, 2.24) is 0 Å². The largest absolute Gasteiger partial charge is 0.0533 e. The second-order valence-electron chi connectivity index (χ2n) is 24.2. The standard InChI is InChI=1S/C53H84/c1-3-7-19-33-21-12-11-17-32-18-15-22-34(33)20-8-4-2-6-10-24-39-38(23-9-5-1)40-25-13-14-26-41-42-28-16-27-37(45(39)40)35(29-32)30-36-31-43-44(36)49-48(43)52-50-46(41)47(42)51(50)53(49)52/h32-53H,1-31H2. The van der Waals surface area contributed by atoms with Gasteiger partial charge in [0.05, 0.1) is 0 Å². The van der Waals surface area contributed by atoms with Crippen LogP contribution in [0.3, 0.4) is 0 Å². The molecule has 0 amide bonds. The lowest BCUT2D eigenvalue weighted by atomic mass is 9.14.